The van der Waals surface area contributed by atoms with Crippen LogP contribution in [0.15, 0.2) is 47.0 Å². The highest BCUT2D eigenvalue weighted by molar-refractivity contribution is 5.91. The molecule has 3 aromatic rings. The maximum absolute atomic E-state index is 12.2. The number of nitrogens with one attached hydrogen (secondary N) is 1. The molecule has 0 saturated carbocycles. The zero-order valence-corrected chi connectivity index (χ0v) is 15.4. The maximum Gasteiger partial charge on any atom is 0.287 e. The first kappa shape index (κ1) is 17.4. The van der Waals surface area contributed by atoms with Gasteiger partial charge in [-0.2, -0.15) is 5.10 Å². The molecule has 0 spiro atoms. The van der Waals surface area contributed by atoms with Crippen molar-refractivity contribution in [3.05, 3.63) is 70.9 Å². The van der Waals surface area contributed by atoms with E-state index in [-0.39, 0.29) is 11.7 Å². The Hall–Kier alpha value is -3.02. The molecule has 0 aliphatic heterocycles. The van der Waals surface area contributed by atoms with Gasteiger partial charge in [-0.25, -0.2) is 0 Å². The molecule has 2 heterocycles. The molecule has 140 valence electrons. The number of fused-ring (bicyclic) bond motifs is 1. The first-order valence-electron chi connectivity index (χ1n) is 9.35. The molecule has 0 fully saturated rings. The van der Waals surface area contributed by atoms with Crippen LogP contribution in [0, 0.1) is 0 Å². The SMILES string of the molecule is CCn1ccc(CNC(=O)c2ccc(COc3ccc4c(c3)CCC4)o2)n1. The van der Waals surface area contributed by atoms with Crippen molar-refractivity contribution in [3.63, 3.8) is 0 Å². The monoisotopic (exact) mass is 365 g/mol. The maximum atomic E-state index is 12.2. The number of furan rings is 1. The molecular formula is C21H23N3O3. The molecule has 0 unspecified atom stereocenters. The molecule has 0 radical (unpaired) electrons. The summed E-state index contributed by atoms with van der Waals surface area (Å²) in [5.74, 6) is 1.47. The molecule has 1 aliphatic carbocycles. The van der Waals surface area contributed by atoms with E-state index in [2.05, 4.69) is 22.5 Å². The fourth-order valence-electron chi connectivity index (χ4n) is 3.30. The lowest BCUT2D eigenvalue weighted by molar-refractivity contribution is 0.0918. The molecule has 0 saturated heterocycles. The number of hydrogen-bond acceptors (Lipinski definition) is 4. The van der Waals surface area contributed by atoms with Gasteiger partial charge < -0.3 is 14.5 Å². The van der Waals surface area contributed by atoms with Crippen molar-refractivity contribution in [1.29, 1.82) is 0 Å². The number of aromatic nitrogens is 2. The van der Waals surface area contributed by atoms with Gasteiger partial charge in [0, 0.05) is 12.7 Å². The Bertz CT molecular complexity index is 942. The van der Waals surface area contributed by atoms with Crippen molar-refractivity contribution in [3.8, 4) is 5.75 Å². The van der Waals surface area contributed by atoms with E-state index in [0.29, 0.717) is 18.9 Å². The van der Waals surface area contributed by atoms with Crippen LogP contribution in [0.2, 0.25) is 0 Å². The number of rotatable bonds is 7. The number of carbonyl (C=O) groups is 1. The van der Waals surface area contributed by atoms with Gasteiger partial charge in [-0.3, -0.25) is 9.48 Å². The topological polar surface area (TPSA) is 69.3 Å². The van der Waals surface area contributed by atoms with E-state index in [1.807, 2.05) is 29.9 Å². The minimum absolute atomic E-state index is 0.259. The summed E-state index contributed by atoms with van der Waals surface area (Å²) < 4.78 is 13.3. The highest BCUT2D eigenvalue weighted by Gasteiger charge is 2.14. The van der Waals surface area contributed by atoms with E-state index in [9.17, 15) is 4.79 Å². The number of amides is 1. The number of ether oxygens (including phenoxy) is 1. The average Bonchev–Trinajstić information content (AvgIpc) is 3.44. The van der Waals surface area contributed by atoms with Gasteiger partial charge in [0.1, 0.15) is 18.1 Å². The summed E-state index contributed by atoms with van der Waals surface area (Å²) in [7, 11) is 0. The van der Waals surface area contributed by atoms with Gasteiger partial charge in [0.15, 0.2) is 5.76 Å². The van der Waals surface area contributed by atoms with Crippen molar-refractivity contribution in [2.75, 3.05) is 0 Å². The number of carbonyl (C=O) groups excluding carboxylic acids is 1. The summed E-state index contributed by atoms with van der Waals surface area (Å²) in [5, 5.41) is 7.16. The second-order valence-electron chi connectivity index (χ2n) is 6.68. The lowest BCUT2D eigenvalue weighted by Gasteiger charge is -2.06. The number of aryl methyl sites for hydroxylation is 3. The quantitative estimate of drug-likeness (QED) is 0.696. The highest BCUT2D eigenvalue weighted by Crippen LogP contribution is 2.26. The molecule has 1 aromatic carbocycles. The van der Waals surface area contributed by atoms with Crippen molar-refractivity contribution >= 4 is 5.91 Å². The number of hydrogen-bond donors (Lipinski definition) is 1. The third kappa shape index (κ3) is 4.05. The minimum Gasteiger partial charge on any atom is -0.486 e. The Morgan fingerprint density at radius 1 is 1.22 bits per heavy atom. The van der Waals surface area contributed by atoms with E-state index < -0.39 is 0 Å². The van der Waals surface area contributed by atoms with Gasteiger partial charge in [-0.05, 0) is 67.6 Å². The van der Waals surface area contributed by atoms with Crippen LogP contribution >= 0.6 is 0 Å². The van der Waals surface area contributed by atoms with E-state index >= 15 is 0 Å². The molecular weight excluding hydrogens is 342 g/mol. The minimum atomic E-state index is -0.259. The third-order valence-corrected chi connectivity index (χ3v) is 4.79. The summed E-state index contributed by atoms with van der Waals surface area (Å²) in [6.07, 6.45) is 5.38. The second-order valence-corrected chi connectivity index (χ2v) is 6.68. The van der Waals surface area contributed by atoms with E-state index in [1.165, 1.54) is 17.5 Å². The smallest absolute Gasteiger partial charge is 0.287 e. The highest BCUT2D eigenvalue weighted by atomic mass is 16.5. The van der Waals surface area contributed by atoms with Crippen LogP contribution in [0.25, 0.3) is 0 Å². The summed E-state index contributed by atoms with van der Waals surface area (Å²) >= 11 is 0. The molecule has 1 aliphatic rings. The van der Waals surface area contributed by atoms with Crippen LogP contribution in [0.1, 0.15) is 46.5 Å². The van der Waals surface area contributed by atoms with E-state index in [0.717, 1.165) is 30.8 Å². The van der Waals surface area contributed by atoms with Crippen LogP contribution in [0.4, 0.5) is 0 Å². The fraction of sp³-hybridized carbons (Fsp3) is 0.333. The zero-order chi connectivity index (χ0) is 18.6. The lowest BCUT2D eigenvalue weighted by Crippen LogP contribution is -2.22. The summed E-state index contributed by atoms with van der Waals surface area (Å²) in [6, 6.07) is 11.6. The molecule has 6 heteroatoms. The molecule has 1 N–H and O–H groups in total. The van der Waals surface area contributed by atoms with Crippen molar-refractivity contribution < 1.29 is 13.9 Å². The Morgan fingerprint density at radius 2 is 2.11 bits per heavy atom. The second kappa shape index (κ2) is 7.70. The number of benzene rings is 1. The van der Waals surface area contributed by atoms with Gasteiger partial charge in [-0.1, -0.05) is 6.07 Å². The fourth-order valence-corrected chi connectivity index (χ4v) is 3.30. The summed E-state index contributed by atoms with van der Waals surface area (Å²) in [5.41, 5.74) is 3.61. The molecule has 0 atom stereocenters. The van der Waals surface area contributed by atoms with Gasteiger partial charge in [0.2, 0.25) is 0 Å². The van der Waals surface area contributed by atoms with Gasteiger partial charge in [0.05, 0.1) is 12.2 Å². The first-order valence-corrected chi connectivity index (χ1v) is 9.35. The van der Waals surface area contributed by atoms with Crippen LogP contribution in [0.3, 0.4) is 0 Å². The first-order chi connectivity index (χ1) is 13.2. The van der Waals surface area contributed by atoms with E-state index in [1.54, 1.807) is 12.1 Å². The Morgan fingerprint density at radius 3 is 2.96 bits per heavy atom. The van der Waals surface area contributed by atoms with Crippen molar-refractivity contribution in [1.82, 2.24) is 15.1 Å². The van der Waals surface area contributed by atoms with Crippen LogP contribution in [-0.4, -0.2) is 15.7 Å². The molecule has 6 nitrogen and oxygen atoms in total. The van der Waals surface area contributed by atoms with Crippen LogP contribution in [-0.2, 0) is 32.5 Å². The number of nitrogens with zero attached hydrogens (tertiary/aromatic N) is 2. The molecule has 1 amide bonds. The molecule has 27 heavy (non-hydrogen) atoms. The average molecular weight is 365 g/mol. The van der Waals surface area contributed by atoms with Crippen molar-refractivity contribution in [2.45, 2.75) is 45.9 Å². The Labute approximate surface area is 158 Å². The standard InChI is InChI=1S/C21H23N3O3/c1-2-24-11-10-17(23-24)13-22-21(25)20-9-8-19(27-20)14-26-18-7-6-15-4-3-5-16(15)12-18/h6-12H,2-5,13-14H2,1H3,(H,22,25). The summed E-state index contributed by atoms with van der Waals surface area (Å²) in [4.78, 5) is 12.2. The Kier molecular flexibility index (Phi) is 4.96. The normalized spacial score (nSPS) is 12.8. The molecule has 2 aromatic heterocycles. The zero-order valence-electron chi connectivity index (χ0n) is 15.4. The van der Waals surface area contributed by atoms with Crippen LogP contribution in [0.5, 0.6) is 5.75 Å². The van der Waals surface area contributed by atoms with Crippen LogP contribution < -0.4 is 10.1 Å². The van der Waals surface area contributed by atoms with Gasteiger partial charge >= 0.3 is 0 Å². The van der Waals surface area contributed by atoms with E-state index in [4.69, 9.17) is 9.15 Å². The lowest BCUT2D eigenvalue weighted by atomic mass is 10.1. The van der Waals surface area contributed by atoms with Gasteiger partial charge in [-0.15, -0.1) is 0 Å². The van der Waals surface area contributed by atoms with Gasteiger partial charge in [0.25, 0.3) is 5.91 Å². The predicted octanol–water partition coefficient (Wildman–Crippen LogP) is 3.49. The summed E-state index contributed by atoms with van der Waals surface area (Å²) in [6.45, 7) is 3.49. The molecule has 4 rings (SSSR count). The third-order valence-electron chi connectivity index (χ3n) is 4.79. The van der Waals surface area contributed by atoms with Crippen molar-refractivity contribution in [2.24, 2.45) is 0 Å². The predicted molar refractivity (Wildman–Crippen MR) is 101 cm³/mol. The molecule has 0 bridgehead atoms. The Balaban J connectivity index is 1.30. The largest absolute Gasteiger partial charge is 0.486 e.